The van der Waals surface area contributed by atoms with Crippen LogP contribution >= 0.6 is 0 Å². The third-order valence-corrected chi connectivity index (χ3v) is 2.67. The molecule has 0 spiro atoms. The highest BCUT2D eigenvalue weighted by molar-refractivity contribution is 5.31. The molecule has 1 rings (SSSR count). The third-order valence-electron chi connectivity index (χ3n) is 2.67. The van der Waals surface area contributed by atoms with Gasteiger partial charge in [0.15, 0.2) is 0 Å². The van der Waals surface area contributed by atoms with Crippen LogP contribution in [0.25, 0.3) is 0 Å². The molecular weight excluding hydrogens is 241 g/mol. The summed E-state index contributed by atoms with van der Waals surface area (Å²) in [6, 6.07) is 2.07. The van der Waals surface area contributed by atoms with E-state index in [9.17, 15) is 22.0 Å². The predicted octanol–water partition coefficient (Wildman–Crippen LogP) is 3.38. The second-order valence-electron chi connectivity index (χ2n) is 3.72. The van der Waals surface area contributed by atoms with Crippen molar-refractivity contribution in [1.82, 2.24) is 0 Å². The molecule has 1 unspecified atom stereocenters. The van der Waals surface area contributed by atoms with Gasteiger partial charge in [-0.15, -0.1) is 0 Å². The van der Waals surface area contributed by atoms with E-state index in [4.69, 9.17) is 5.73 Å². The van der Waals surface area contributed by atoms with Crippen LogP contribution in [0.5, 0.6) is 0 Å². The molecule has 1 nitrogen and oxygen atoms in total. The van der Waals surface area contributed by atoms with Gasteiger partial charge in [-0.05, 0) is 24.1 Å². The minimum absolute atomic E-state index is 0.0770. The van der Waals surface area contributed by atoms with Crippen molar-refractivity contribution in [1.29, 1.82) is 0 Å². The molecule has 1 aromatic rings. The Kier molecular flexibility index (Phi) is 3.76. The normalized spacial score (nSPS) is 15.7. The van der Waals surface area contributed by atoms with Crippen LogP contribution < -0.4 is 5.73 Å². The first-order valence-corrected chi connectivity index (χ1v) is 5.01. The number of benzene rings is 1. The van der Waals surface area contributed by atoms with Gasteiger partial charge in [-0.1, -0.05) is 13.0 Å². The van der Waals surface area contributed by atoms with E-state index < -0.39 is 29.8 Å². The van der Waals surface area contributed by atoms with Crippen LogP contribution in [0, 0.1) is 5.82 Å². The molecule has 0 aromatic heterocycles. The molecule has 0 aliphatic carbocycles. The fraction of sp³-hybridized carbons (Fsp3) is 0.455. The molecule has 0 radical (unpaired) electrons. The van der Waals surface area contributed by atoms with E-state index >= 15 is 0 Å². The number of hydrogen-bond acceptors (Lipinski definition) is 1. The molecule has 0 heterocycles. The summed E-state index contributed by atoms with van der Waals surface area (Å²) in [5, 5.41) is 0. The number of rotatable bonds is 3. The largest absolute Gasteiger partial charge is 0.419 e. The van der Waals surface area contributed by atoms with Gasteiger partial charge in [-0.2, -0.15) is 13.2 Å². The molecule has 0 saturated carbocycles. The number of alkyl halides is 4. The fourth-order valence-corrected chi connectivity index (χ4v) is 1.49. The van der Waals surface area contributed by atoms with Gasteiger partial charge in [-0.3, -0.25) is 0 Å². The van der Waals surface area contributed by atoms with Crippen LogP contribution in [-0.2, 0) is 11.8 Å². The van der Waals surface area contributed by atoms with Crippen LogP contribution in [-0.4, -0.2) is 6.54 Å². The molecule has 1 atom stereocenters. The zero-order valence-electron chi connectivity index (χ0n) is 9.11. The molecule has 6 heteroatoms. The van der Waals surface area contributed by atoms with Gasteiger partial charge in [-0.25, -0.2) is 8.78 Å². The monoisotopic (exact) mass is 253 g/mol. The van der Waals surface area contributed by atoms with Crippen molar-refractivity contribution in [2.45, 2.75) is 25.2 Å². The average molecular weight is 253 g/mol. The quantitative estimate of drug-likeness (QED) is 0.821. The van der Waals surface area contributed by atoms with Gasteiger partial charge in [0.05, 0.1) is 5.56 Å². The summed E-state index contributed by atoms with van der Waals surface area (Å²) < 4.78 is 64.3. The Hall–Kier alpha value is -1.17. The third kappa shape index (κ3) is 2.74. The van der Waals surface area contributed by atoms with Crippen molar-refractivity contribution in [3.63, 3.8) is 0 Å². The topological polar surface area (TPSA) is 26.0 Å². The van der Waals surface area contributed by atoms with Crippen molar-refractivity contribution < 1.29 is 22.0 Å². The fourth-order valence-electron chi connectivity index (χ4n) is 1.49. The number of hydrogen-bond donors (Lipinski definition) is 1. The van der Waals surface area contributed by atoms with Crippen LogP contribution in [0.3, 0.4) is 0 Å². The van der Waals surface area contributed by atoms with E-state index in [2.05, 4.69) is 0 Å². The van der Waals surface area contributed by atoms with Crippen LogP contribution in [0.15, 0.2) is 18.2 Å². The minimum atomic E-state index is -4.84. The van der Waals surface area contributed by atoms with Crippen LogP contribution in [0.4, 0.5) is 22.0 Å². The molecule has 0 bridgehead atoms. The van der Waals surface area contributed by atoms with E-state index in [0.717, 1.165) is 6.07 Å². The smallest absolute Gasteiger partial charge is 0.327 e. The van der Waals surface area contributed by atoms with Crippen molar-refractivity contribution in [2.24, 2.45) is 5.73 Å². The van der Waals surface area contributed by atoms with Crippen molar-refractivity contribution >= 4 is 0 Å². The maximum absolute atomic E-state index is 14.1. The summed E-state index contributed by atoms with van der Waals surface area (Å²) in [7, 11) is 0. The Morgan fingerprint density at radius 2 is 1.76 bits per heavy atom. The maximum Gasteiger partial charge on any atom is 0.419 e. The lowest BCUT2D eigenvalue weighted by Gasteiger charge is -2.23. The van der Waals surface area contributed by atoms with E-state index in [-0.39, 0.29) is 12.0 Å². The van der Waals surface area contributed by atoms with Crippen LogP contribution in [0.2, 0.25) is 0 Å². The highest BCUT2D eigenvalue weighted by atomic mass is 19.4. The Morgan fingerprint density at radius 1 is 1.18 bits per heavy atom. The number of nitrogens with two attached hydrogens (primary N) is 1. The van der Waals surface area contributed by atoms with E-state index in [1.54, 1.807) is 0 Å². The van der Waals surface area contributed by atoms with Gasteiger partial charge in [0.25, 0.3) is 0 Å². The molecule has 0 aliphatic heterocycles. The maximum atomic E-state index is 14.1. The molecule has 17 heavy (non-hydrogen) atoms. The summed E-state index contributed by atoms with van der Waals surface area (Å²) >= 11 is 0. The summed E-state index contributed by atoms with van der Waals surface area (Å²) in [5.41, 5.74) is 1.41. The lowest BCUT2D eigenvalue weighted by Crippen LogP contribution is -2.30. The van der Waals surface area contributed by atoms with Gasteiger partial charge in [0.1, 0.15) is 11.5 Å². The molecule has 2 N–H and O–H groups in total. The Morgan fingerprint density at radius 3 is 2.18 bits per heavy atom. The van der Waals surface area contributed by atoms with Crippen LogP contribution in [0.1, 0.15) is 24.5 Å². The minimum Gasteiger partial charge on any atom is -0.327 e. The molecule has 1 aromatic carbocycles. The lowest BCUT2D eigenvalue weighted by molar-refractivity contribution is -0.140. The zero-order chi connectivity index (χ0) is 13.3. The molecule has 0 fully saturated rings. The van der Waals surface area contributed by atoms with Gasteiger partial charge in [0, 0.05) is 6.54 Å². The van der Waals surface area contributed by atoms with E-state index in [1.165, 1.54) is 6.92 Å². The zero-order valence-corrected chi connectivity index (χ0v) is 9.11. The van der Waals surface area contributed by atoms with Crippen molar-refractivity contribution in [3.8, 4) is 0 Å². The summed E-state index contributed by atoms with van der Waals surface area (Å²) in [6.07, 6.45) is -4.92. The van der Waals surface area contributed by atoms with E-state index in [1.807, 2.05) is 0 Å². The number of halogens is 5. The first-order valence-electron chi connectivity index (χ1n) is 5.01. The molecule has 0 saturated heterocycles. The lowest BCUT2D eigenvalue weighted by atomic mass is 9.91. The van der Waals surface area contributed by atoms with Crippen molar-refractivity contribution in [2.75, 3.05) is 6.54 Å². The Balaban J connectivity index is 3.31. The SMILES string of the molecule is CCC(F)(CN)c1ccc(F)c(C(F)(F)F)c1. The summed E-state index contributed by atoms with van der Waals surface area (Å²) in [6.45, 7) is 1.01. The standard InChI is InChI=1S/C11H12F5N/c1-2-10(13,6-17)7-3-4-9(12)8(5-7)11(14,15)16/h3-5H,2,6,17H2,1H3. The Labute approximate surface area is 95.4 Å². The van der Waals surface area contributed by atoms with Gasteiger partial charge >= 0.3 is 6.18 Å². The second-order valence-corrected chi connectivity index (χ2v) is 3.72. The molecule has 0 aliphatic rings. The first kappa shape index (κ1) is 13.9. The van der Waals surface area contributed by atoms with Gasteiger partial charge < -0.3 is 5.73 Å². The van der Waals surface area contributed by atoms with Gasteiger partial charge in [0.2, 0.25) is 0 Å². The highest BCUT2D eigenvalue weighted by Crippen LogP contribution is 2.36. The first-order chi connectivity index (χ1) is 7.74. The second kappa shape index (κ2) is 4.60. The Bertz CT molecular complexity index is 395. The average Bonchev–Trinajstić information content (AvgIpc) is 2.27. The van der Waals surface area contributed by atoms with Crippen molar-refractivity contribution in [3.05, 3.63) is 35.1 Å². The summed E-state index contributed by atoms with van der Waals surface area (Å²) in [4.78, 5) is 0. The molecule has 96 valence electrons. The summed E-state index contributed by atoms with van der Waals surface area (Å²) in [5.74, 6) is -1.42. The molecule has 0 amide bonds. The highest BCUT2D eigenvalue weighted by Gasteiger charge is 2.37. The molecular formula is C11H12F5N. The van der Waals surface area contributed by atoms with E-state index in [0.29, 0.717) is 12.1 Å². The predicted molar refractivity (Wildman–Crippen MR) is 53.5 cm³/mol.